The number of ether oxygens (including phenoxy) is 1. The van der Waals surface area contributed by atoms with Crippen LogP contribution >= 0.6 is 11.6 Å². The number of hydrogen-bond donors (Lipinski definition) is 1. The SMILES string of the molecule is Cc1cc(C)c(OCc2cccc(F)c2Cl)c(N)c1. The minimum Gasteiger partial charge on any atom is -0.486 e. The van der Waals surface area contributed by atoms with Crippen LogP contribution in [0.1, 0.15) is 16.7 Å². The summed E-state index contributed by atoms with van der Waals surface area (Å²) in [5.41, 5.74) is 9.12. The van der Waals surface area contributed by atoms with Crippen molar-refractivity contribution >= 4 is 17.3 Å². The predicted molar refractivity (Wildman–Crippen MR) is 76.1 cm³/mol. The molecule has 0 spiro atoms. The highest BCUT2D eigenvalue weighted by Gasteiger charge is 2.09. The molecule has 0 atom stereocenters. The van der Waals surface area contributed by atoms with Crippen LogP contribution in [0.5, 0.6) is 5.75 Å². The summed E-state index contributed by atoms with van der Waals surface area (Å²) in [6.45, 7) is 4.08. The Morgan fingerprint density at radius 2 is 2.00 bits per heavy atom. The zero-order valence-electron chi connectivity index (χ0n) is 10.8. The molecule has 2 aromatic rings. The molecule has 0 saturated heterocycles. The van der Waals surface area contributed by atoms with Crippen LogP contribution in [0.25, 0.3) is 0 Å². The van der Waals surface area contributed by atoms with Crippen molar-refractivity contribution in [1.29, 1.82) is 0 Å². The van der Waals surface area contributed by atoms with E-state index in [1.807, 2.05) is 26.0 Å². The molecular weight excluding hydrogens is 265 g/mol. The Kier molecular flexibility index (Phi) is 3.96. The van der Waals surface area contributed by atoms with E-state index in [-0.39, 0.29) is 11.6 Å². The number of rotatable bonds is 3. The molecule has 2 aromatic carbocycles. The molecule has 0 heterocycles. The zero-order valence-corrected chi connectivity index (χ0v) is 11.6. The number of halogens is 2. The topological polar surface area (TPSA) is 35.2 Å². The van der Waals surface area contributed by atoms with Crippen LogP contribution in [0.15, 0.2) is 30.3 Å². The molecule has 2 nitrogen and oxygen atoms in total. The maximum atomic E-state index is 13.3. The summed E-state index contributed by atoms with van der Waals surface area (Å²) in [7, 11) is 0. The Bertz CT molecular complexity index is 590. The Morgan fingerprint density at radius 3 is 2.68 bits per heavy atom. The van der Waals surface area contributed by atoms with Gasteiger partial charge in [0.05, 0.1) is 10.7 Å². The van der Waals surface area contributed by atoms with Crippen molar-refractivity contribution in [1.82, 2.24) is 0 Å². The van der Waals surface area contributed by atoms with Crippen LogP contribution in [0.2, 0.25) is 5.02 Å². The Morgan fingerprint density at radius 1 is 1.26 bits per heavy atom. The molecule has 100 valence electrons. The van der Waals surface area contributed by atoms with Crippen molar-refractivity contribution in [3.05, 3.63) is 57.9 Å². The van der Waals surface area contributed by atoms with Crippen molar-refractivity contribution in [2.45, 2.75) is 20.5 Å². The van der Waals surface area contributed by atoms with Crippen molar-refractivity contribution < 1.29 is 9.13 Å². The van der Waals surface area contributed by atoms with Gasteiger partial charge in [-0.3, -0.25) is 0 Å². The van der Waals surface area contributed by atoms with Gasteiger partial charge < -0.3 is 10.5 Å². The molecule has 0 aromatic heterocycles. The van der Waals surface area contributed by atoms with Crippen LogP contribution in [-0.4, -0.2) is 0 Å². The van der Waals surface area contributed by atoms with Crippen LogP contribution in [0.4, 0.5) is 10.1 Å². The van der Waals surface area contributed by atoms with Gasteiger partial charge in [0.1, 0.15) is 18.2 Å². The van der Waals surface area contributed by atoms with E-state index in [2.05, 4.69) is 0 Å². The second-order valence-corrected chi connectivity index (χ2v) is 4.88. The van der Waals surface area contributed by atoms with Crippen LogP contribution < -0.4 is 10.5 Å². The summed E-state index contributed by atoms with van der Waals surface area (Å²) in [6.07, 6.45) is 0. The smallest absolute Gasteiger partial charge is 0.145 e. The lowest BCUT2D eigenvalue weighted by Gasteiger charge is -2.13. The third-order valence-corrected chi connectivity index (χ3v) is 3.27. The first kappa shape index (κ1) is 13.7. The third-order valence-electron chi connectivity index (χ3n) is 2.85. The lowest BCUT2D eigenvalue weighted by atomic mass is 10.1. The molecule has 0 aliphatic heterocycles. The zero-order chi connectivity index (χ0) is 14.0. The van der Waals surface area contributed by atoms with Gasteiger partial charge in [0.2, 0.25) is 0 Å². The van der Waals surface area contributed by atoms with E-state index in [0.717, 1.165) is 11.1 Å². The van der Waals surface area contributed by atoms with Gasteiger partial charge in [-0.25, -0.2) is 4.39 Å². The van der Waals surface area contributed by atoms with Crippen molar-refractivity contribution in [2.75, 3.05) is 5.73 Å². The molecule has 0 fully saturated rings. The number of anilines is 1. The van der Waals surface area contributed by atoms with E-state index in [4.69, 9.17) is 22.1 Å². The average Bonchev–Trinajstić information content (AvgIpc) is 2.33. The van der Waals surface area contributed by atoms with E-state index in [9.17, 15) is 4.39 Å². The summed E-state index contributed by atoms with van der Waals surface area (Å²) < 4.78 is 19.0. The number of benzene rings is 2. The van der Waals surface area contributed by atoms with Crippen molar-refractivity contribution in [3.63, 3.8) is 0 Å². The lowest BCUT2D eigenvalue weighted by Crippen LogP contribution is -2.02. The van der Waals surface area contributed by atoms with Gasteiger partial charge in [0.25, 0.3) is 0 Å². The Hall–Kier alpha value is -1.74. The second-order valence-electron chi connectivity index (χ2n) is 4.50. The van der Waals surface area contributed by atoms with Crippen LogP contribution in [0, 0.1) is 19.7 Å². The second kappa shape index (κ2) is 5.49. The number of aryl methyl sites for hydroxylation is 2. The van der Waals surface area contributed by atoms with E-state index in [1.54, 1.807) is 12.1 Å². The normalized spacial score (nSPS) is 10.5. The number of nitrogens with two attached hydrogens (primary N) is 1. The quantitative estimate of drug-likeness (QED) is 0.852. The van der Waals surface area contributed by atoms with E-state index < -0.39 is 5.82 Å². The largest absolute Gasteiger partial charge is 0.486 e. The fraction of sp³-hybridized carbons (Fsp3) is 0.200. The fourth-order valence-electron chi connectivity index (χ4n) is 1.99. The summed E-state index contributed by atoms with van der Waals surface area (Å²) in [5.74, 6) is 0.169. The Balaban J connectivity index is 2.22. The van der Waals surface area contributed by atoms with Gasteiger partial charge in [-0.1, -0.05) is 29.8 Å². The van der Waals surface area contributed by atoms with E-state index >= 15 is 0 Å². The lowest BCUT2D eigenvalue weighted by molar-refractivity contribution is 0.305. The molecule has 0 bridgehead atoms. The maximum absolute atomic E-state index is 13.3. The highest BCUT2D eigenvalue weighted by molar-refractivity contribution is 6.31. The highest BCUT2D eigenvalue weighted by Crippen LogP contribution is 2.29. The summed E-state index contributed by atoms with van der Waals surface area (Å²) in [5, 5.41) is 0.0887. The molecular formula is C15H15ClFNO. The molecule has 0 aliphatic carbocycles. The van der Waals surface area contributed by atoms with Crippen LogP contribution in [0.3, 0.4) is 0 Å². The standard InChI is InChI=1S/C15H15ClFNO/c1-9-6-10(2)15(13(18)7-9)19-8-11-4-3-5-12(17)14(11)16/h3-7H,8,18H2,1-2H3. The van der Waals surface area contributed by atoms with Gasteiger partial charge in [0.15, 0.2) is 0 Å². The van der Waals surface area contributed by atoms with Gasteiger partial charge in [-0.2, -0.15) is 0 Å². The van der Waals surface area contributed by atoms with E-state index in [1.165, 1.54) is 6.07 Å². The minimum atomic E-state index is -0.448. The predicted octanol–water partition coefficient (Wildman–Crippen LogP) is 4.26. The van der Waals surface area contributed by atoms with E-state index in [0.29, 0.717) is 17.0 Å². The maximum Gasteiger partial charge on any atom is 0.145 e. The first-order chi connectivity index (χ1) is 8.99. The van der Waals surface area contributed by atoms with Crippen molar-refractivity contribution in [2.24, 2.45) is 0 Å². The molecule has 2 rings (SSSR count). The minimum absolute atomic E-state index is 0.0887. The Labute approximate surface area is 117 Å². The number of nitrogen functional groups attached to an aromatic ring is 1. The first-order valence-electron chi connectivity index (χ1n) is 5.91. The average molecular weight is 280 g/mol. The molecule has 0 aliphatic rings. The monoisotopic (exact) mass is 279 g/mol. The third kappa shape index (κ3) is 2.99. The summed E-state index contributed by atoms with van der Waals surface area (Å²) in [6, 6.07) is 8.47. The fourth-order valence-corrected chi connectivity index (χ4v) is 2.17. The summed E-state index contributed by atoms with van der Waals surface area (Å²) in [4.78, 5) is 0. The van der Waals surface area contributed by atoms with Gasteiger partial charge in [-0.15, -0.1) is 0 Å². The van der Waals surface area contributed by atoms with Crippen molar-refractivity contribution in [3.8, 4) is 5.75 Å². The molecule has 0 unspecified atom stereocenters. The molecule has 0 saturated carbocycles. The molecule has 19 heavy (non-hydrogen) atoms. The van der Waals surface area contributed by atoms with Gasteiger partial charge >= 0.3 is 0 Å². The molecule has 2 N–H and O–H groups in total. The molecule has 0 radical (unpaired) electrons. The van der Waals surface area contributed by atoms with Gasteiger partial charge in [-0.05, 0) is 37.1 Å². The van der Waals surface area contributed by atoms with Crippen LogP contribution in [-0.2, 0) is 6.61 Å². The van der Waals surface area contributed by atoms with Gasteiger partial charge in [0, 0.05) is 5.56 Å². The molecule has 4 heteroatoms. The summed E-state index contributed by atoms with van der Waals surface area (Å²) >= 11 is 5.88. The molecule has 0 amide bonds. The number of hydrogen-bond acceptors (Lipinski definition) is 2. The first-order valence-corrected chi connectivity index (χ1v) is 6.29. The highest BCUT2D eigenvalue weighted by atomic mass is 35.5.